The van der Waals surface area contributed by atoms with E-state index in [-0.39, 0.29) is 62.4 Å². The summed E-state index contributed by atoms with van der Waals surface area (Å²) in [5.74, 6) is 0. The van der Waals surface area contributed by atoms with Crippen molar-refractivity contribution in [2.45, 2.75) is 166 Å². The van der Waals surface area contributed by atoms with Gasteiger partial charge in [0.15, 0.2) is 0 Å². The van der Waals surface area contributed by atoms with Crippen LogP contribution in [0.2, 0.25) is 0 Å². The van der Waals surface area contributed by atoms with Gasteiger partial charge in [0.1, 0.15) is 0 Å². The minimum atomic E-state index is -1.22. The first-order valence-corrected chi connectivity index (χ1v) is 35.6. The quantitative estimate of drug-likeness (QED) is 0.127. The summed E-state index contributed by atoms with van der Waals surface area (Å²) in [7, 11) is -2.07. The van der Waals surface area contributed by atoms with Crippen LogP contribution in [-0.4, -0.2) is 88.9 Å². The van der Waals surface area contributed by atoms with Gasteiger partial charge in [0.25, 0.3) is 19.7 Å². The molecule has 0 amide bonds. The zero-order chi connectivity index (χ0) is 58.8. The Balaban J connectivity index is 0.000000226. The Morgan fingerprint density at radius 3 is 0.544 bits per heavy atom. The van der Waals surface area contributed by atoms with Crippen molar-refractivity contribution in [1.82, 2.24) is 0 Å². The van der Waals surface area contributed by atoms with E-state index in [4.69, 9.17) is 22.2 Å². The van der Waals surface area contributed by atoms with Crippen LogP contribution in [0.1, 0.15) is 166 Å². The van der Waals surface area contributed by atoms with Crippen LogP contribution in [0.4, 0.5) is 45.5 Å². The molecular formula is C64H106Cl2N8PtSi4. The first-order chi connectivity index (χ1) is 35.5. The molecule has 15 heteroatoms. The molecule has 0 aliphatic carbocycles. The van der Waals surface area contributed by atoms with Crippen molar-refractivity contribution >= 4 is 104 Å². The standard InChI is InChI=1S/2C16H26ClN2Si.2C16H27N2Si.Pt/c2*1-15(2,3)11-18-13-9-7-8-10-14(13)19(20(18)17)12-16(4,5)6;2*1-15(2,3)11-17-13-9-7-8-10-14(13)18(19-17)12-16(4,5)6;/h2*7-10H,11-12H2,1-6H3;2*7-10,19H,11-12H2,1-6H3;. The predicted molar refractivity (Wildman–Crippen MR) is 358 cm³/mol. The van der Waals surface area contributed by atoms with E-state index in [0.717, 1.165) is 52.4 Å². The SMILES string of the molecule is CC(C)(C)CN1[SiH]N(CC(C)(C)C)c2ccccc21.CC(C)(C)CN1[SiH]N(CC(C)(C)C)c2ccccc21.CC(C)(C)CN1c2ccccc2N(CC(C)(C)C)[Si]1Cl.CC(C)(C)CN1c2ccccc2N(CC(C)(C)C)[Si]1Cl.[Pt]. The number of benzene rings is 4. The maximum atomic E-state index is 6.88. The average Bonchev–Trinajstić information content (AvgIpc) is 3.92. The van der Waals surface area contributed by atoms with E-state index in [9.17, 15) is 0 Å². The molecule has 4 heterocycles. The number of fused-ring (bicyclic) bond motifs is 4. The van der Waals surface area contributed by atoms with E-state index < -0.39 is 16.9 Å². The third-order valence-electron chi connectivity index (χ3n) is 12.5. The monoisotopic (exact) mass is 1360 g/mol. The van der Waals surface area contributed by atoms with Crippen LogP contribution in [0.5, 0.6) is 0 Å². The van der Waals surface area contributed by atoms with Crippen LogP contribution in [0.25, 0.3) is 0 Å². The maximum absolute atomic E-state index is 6.88. The van der Waals surface area contributed by atoms with Crippen LogP contribution in [0, 0.1) is 43.3 Å². The molecule has 4 radical (unpaired) electrons. The molecule has 0 saturated carbocycles. The van der Waals surface area contributed by atoms with E-state index in [1.54, 1.807) is 0 Å². The second-order valence-electron chi connectivity index (χ2n) is 32.1. The van der Waals surface area contributed by atoms with Gasteiger partial charge in [-0.15, -0.1) is 22.2 Å². The Kier molecular flexibility index (Phi) is 23.2. The summed E-state index contributed by atoms with van der Waals surface area (Å²) >= 11 is 13.8. The average molecular weight is 1370 g/mol. The van der Waals surface area contributed by atoms with Gasteiger partial charge in [-0.05, 0) is 91.9 Å². The van der Waals surface area contributed by atoms with Crippen molar-refractivity contribution in [3.8, 4) is 0 Å². The molecular weight excluding hydrogens is 1260 g/mol. The molecule has 4 aromatic rings. The van der Waals surface area contributed by atoms with Gasteiger partial charge in [0.05, 0.1) is 45.5 Å². The molecule has 0 atom stereocenters. The van der Waals surface area contributed by atoms with Gasteiger partial charge in [-0.3, -0.25) is 0 Å². The molecule has 0 fully saturated rings. The van der Waals surface area contributed by atoms with Gasteiger partial charge < -0.3 is 36.5 Å². The first-order valence-electron chi connectivity index (χ1n) is 28.8. The van der Waals surface area contributed by atoms with Gasteiger partial charge in [0, 0.05) is 73.4 Å². The number of hydrogen-bond donors (Lipinski definition) is 0. The van der Waals surface area contributed by atoms with Crippen LogP contribution in [-0.2, 0) is 21.1 Å². The number of hydrogen-bond acceptors (Lipinski definition) is 8. The minimum absolute atomic E-state index is 0. The Morgan fingerprint density at radius 2 is 0.405 bits per heavy atom. The fraction of sp³-hybridized carbons (Fsp3) is 0.625. The van der Waals surface area contributed by atoms with Crippen molar-refractivity contribution in [2.24, 2.45) is 43.3 Å². The second-order valence-corrected chi connectivity index (χ2v) is 40.3. The molecule has 8 nitrogen and oxygen atoms in total. The summed E-state index contributed by atoms with van der Waals surface area (Å²) in [4.78, 5) is 0. The van der Waals surface area contributed by atoms with Crippen molar-refractivity contribution in [3.05, 3.63) is 97.1 Å². The Morgan fingerprint density at radius 1 is 0.266 bits per heavy atom. The molecule has 4 aromatic carbocycles. The van der Waals surface area contributed by atoms with Gasteiger partial charge in [-0.1, -0.05) is 215 Å². The molecule has 0 bridgehead atoms. The van der Waals surface area contributed by atoms with E-state index in [1.807, 2.05) is 0 Å². The summed E-state index contributed by atoms with van der Waals surface area (Å²) < 4.78 is 20.1. The smallest absolute Gasteiger partial charge is 0.381 e. The minimum Gasteiger partial charge on any atom is -0.381 e. The molecule has 0 aromatic heterocycles. The molecule has 8 rings (SSSR count). The van der Waals surface area contributed by atoms with Crippen LogP contribution in [0.3, 0.4) is 0 Å². The molecule has 4 aliphatic rings. The largest absolute Gasteiger partial charge is 0.414 e. The van der Waals surface area contributed by atoms with Crippen molar-refractivity contribution in [3.63, 3.8) is 0 Å². The van der Waals surface area contributed by atoms with Crippen LogP contribution >= 0.6 is 22.2 Å². The van der Waals surface area contributed by atoms with Gasteiger partial charge in [-0.2, -0.15) is 0 Å². The fourth-order valence-electron chi connectivity index (χ4n) is 10.1. The fourth-order valence-corrected chi connectivity index (χ4v) is 21.0. The van der Waals surface area contributed by atoms with Gasteiger partial charge in [0.2, 0.25) is 0 Å². The first kappa shape index (κ1) is 68.9. The zero-order valence-electron chi connectivity index (χ0n) is 53.7. The molecule has 0 spiro atoms. The maximum Gasteiger partial charge on any atom is 0.414 e. The summed E-state index contributed by atoms with van der Waals surface area (Å²) in [6.07, 6.45) is 0. The van der Waals surface area contributed by atoms with Crippen LogP contribution < -0.4 is 36.5 Å². The third kappa shape index (κ3) is 21.5. The summed E-state index contributed by atoms with van der Waals surface area (Å²) in [6.45, 7) is 63.7. The Bertz CT molecular complexity index is 2200. The van der Waals surface area contributed by atoms with E-state index in [1.165, 1.54) is 45.5 Å². The molecule has 4 aliphatic heterocycles. The Hall–Kier alpha value is -2.58. The summed E-state index contributed by atoms with van der Waals surface area (Å²) in [5, 5.41) is 0. The molecule has 0 saturated heterocycles. The van der Waals surface area contributed by atoms with Crippen molar-refractivity contribution < 1.29 is 21.1 Å². The van der Waals surface area contributed by atoms with Crippen molar-refractivity contribution in [1.29, 1.82) is 0 Å². The Labute approximate surface area is 516 Å². The summed E-state index contributed by atoms with van der Waals surface area (Å²) in [5.41, 5.74) is 13.3. The normalized spacial score (nSPS) is 16.1. The van der Waals surface area contributed by atoms with Gasteiger partial charge >= 0.3 is 16.9 Å². The molecule has 0 N–H and O–H groups in total. The number of anilines is 8. The van der Waals surface area contributed by atoms with Crippen molar-refractivity contribution in [2.75, 3.05) is 88.9 Å². The number of nitrogens with zero attached hydrogens (tertiary/aromatic N) is 8. The third-order valence-corrected chi connectivity index (χ3v) is 21.3. The predicted octanol–water partition coefficient (Wildman–Crippen LogP) is 16.6. The van der Waals surface area contributed by atoms with E-state index in [0.29, 0.717) is 21.7 Å². The number of para-hydroxylation sites is 8. The number of halogens is 2. The zero-order valence-corrected chi connectivity index (χ0v) is 61.8. The second kappa shape index (κ2) is 26.6. The van der Waals surface area contributed by atoms with E-state index in [2.05, 4.69) is 300 Å². The summed E-state index contributed by atoms with van der Waals surface area (Å²) in [6, 6.07) is 35.0. The van der Waals surface area contributed by atoms with Gasteiger partial charge in [-0.25, -0.2) is 0 Å². The molecule has 79 heavy (non-hydrogen) atoms. The topological polar surface area (TPSA) is 25.9 Å². The molecule has 0 unspecified atom stereocenters. The molecule has 442 valence electrons. The van der Waals surface area contributed by atoms with Crippen LogP contribution in [0.15, 0.2) is 97.1 Å². The number of rotatable bonds is 8. The van der Waals surface area contributed by atoms with E-state index >= 15 is 0 Å².